The molecule has 0 aliphatic rings. The molecule has 0 heterocycles. The van der Waals surface area contributed by atoms with Gasteiger partial charge >= 0.3 is 6.98 Å². The predicted molar refractivity (Wildman–Crippen MR) is 40.0 cm³/mol. The van der Waals surface area contributed by atoms with Crippen LogP contribution in [0.2, 0.25) is 0 Å². The van der Waals surface area contributed by atoms with Gasteiger partial charge in [0.2, 0.25) is 0 Å². The fraction of sp³-hybridized carbons (Fsp3) is 0.143. The molecule has 0 radical (unpaired) electrons. The standard InChI is InChI=1S/C7H3BF7/c9-4-1-3(8(13,14)15)2-5(10)6(4)7(11)12/h1-2,7H/q-1. The normalized spacial score (nSPS) is 12.3. The van der Waals surface area contributed by atoms with E-state index in [9.17, 15) is 30.5 Å². The summed E-state index contributed by atoms with van der Waals surface area (Å²) in [7, 11) is 0. The topological polar surface area (TPSA) is 0 Å². The van der Waals surface area contributed by atoms with Crippen molar-refractivity contribution in [2.45, 2.75) is 6.43 Å². The fourth-order valence-electron chi connectivity index (χ4n) is 1.00. The molecule has 0 N–H and O–H groups in total. The van der Waals surface area contributed by atoms with E-state index in [0.29, 0.717) is 0 Å². The first-order valence-electron chi connectivity index (χ1n) is 3.70. The number of hydrogen-bond acceptors (Lipinski definition) is 0. The second kappa shape index (κ2) is 3.75. The van der Waals surface area contributed by atoms with Crippen LogP contribution < -0.4 is 5.46 Å². The number of rotatable bonds is 2. The van der Waals surface area contributed by atoms with Crippen LogP contribution in [0.1, 0.15) is 12.0 Å². The lowest BCUT2D eigenvalue weighted by atomic mass is 9.79. The van der Waals surface area contributed by atoms with Gasteiger partial charge in [0.1, 0.15) is 11.6 Å². The summed E-state index contributed by atoms with van der Waals surface area (Å²) in [4.78, 5) is 0. The molecule has 0 spiro atoms. The monoisotopic (exact) mass is 231 g/mol. The summed E-state index contributed by atoms with van der Waals surface area (Å²) < 4.78 is 85.4. The van der Waals surface area contributed by atoms with E-state index in [2.05, 4.69) is 0 Å². The number of halogens is 7. The van der Waals surface area contributed by atoms with E-state index in [1.54, 1.807) is 0 Å². The van der Waals surface area contributed by atoms with E-state index in [0.717, 1.165) is 0 Å². The molecular formula is C7H3BF7-. The van der Waals surface area contributed by atoms with Crippen molar-refractivity contribution in [1.82, 2.24) is 0 Å². The third kappa shape index (κ3) is 2.43. The molecule has 0 fully saturated rings. The Morgan fingerprint density at radius 1 is 0.933 bits per heavy atom. The van der Waals surface area contributed by atoms with Gasteiger partial charge < -0.3 is 12.9 Å². The predicted octanol–water partition coefficient (Wildman–Crippen LogP) is 2.96. The van der Waals surface area contributed by atoms with E-state index in [-0.39, 0.29) is 12.1 Å². The van der Waals surface area contributed by atoms with Crippen molar-refractivity contribution < 1.29 is 30.5 Å². The fourth-order valence-corrected chi connectivity index (χ4v) is 1.00. The van der Waals surface area contributed by atoms with Crippen molar-refractivity contribution in [3.63, 3.8) is 0 Å². The summed E-state index contributed by atoms with van der Waals surface area (Å²) in [5.41, 5.74) is -3.21. The Bertz CT molecular complexity index is 347. The molecule has 0 atom stereocenters. The molecule has 0 amide bonds. The Hall–Kier alpha value is -1.21. The molecule has 1 aromatic carbocycles. The second-order valence-electron chi connectivity index (χ2n) is 2.77. The third-order valence-electron chi connectivity index (χ3n) is 1.70. The molecule has 0 bridgehead atoms. The summed E-state index contributed by atoms with van der Waals surface area (Å²) in [6, 6.07) is -0.269. The van der Waals surface area contributed by atoms with Crippen molar-refractivity contribution in [3.8, 4) is 0 Å². The average molecular weight is 231 g/mol. The van der Waals surface area contributed by atoms with Crippen LogP contribution in [0.15, 0.2) is 12.1 Å². The first-order chi connectivity index (χ1) is 6.73. The van der Waals surface area contributed by atoms with E-state index in [1.165, 1.54) is 0 Å². The number of benzene rings is 1. The van der Waals surface area contributed by atoms with Crippen molar-refractivity contribution in [1.29, 1.82) is 0 Å². The summed E-state index contributed by atoms with van der Waals surface area (Å²) in [6.45, 7) is -5.60. The van der Waals surface area contributed by atoms with Gasteiger partial charge in [-0.15, -0.1) is 5.46 Å². The van der Waals surface area contributed by atoms with Crippen LogP contribution in [-0.2, 0) is 0 Å². The Morgan fingerprint density at radius 3 is 1.60 bits per heavy atom. The van der Waals surface area contributed by atoms with Crippen molar-refractivity contribution in [2.24, 2.45) is 0 Å². The van der Waals surface area contributed by atoms with Gasteiger partial charge in [-0.05, 0) is 0 Å². The largest absolute Gasteiger partial charge is 0.509 e. The first-order valence-corrected chi connectivity index (χ1v) is 3.70. The SMILES string of the molecule is Fc1cc([B-](F)(F)F)cc(F)c1C(F)F. The number of hydrogen-bond donors (Lipinski definition) is 0. The average Bonchev–Trinajstić information content (AvgIpc) is 1.99. The zero-order valence-electron chi connectivity index (χ0n) is 6.96. The molecule has 0 aromatic heterocycles. The van der Waals surface area contributed by atoms with E-state index in [1.807, 2.05) is 0 Å². The molecular weight excluding hydrogens is 228 g/mol. The van der Waals surface area contributed by atoms with Crippen LogP contribution >= 0.6 is 0 Å². The third-order valence-corrected chi connectivity index (χ3v) is 1.70. The molecule has 84 valence electrons. The summed E-state index contributed by atoms with van der Waals surface area (Å²) in [6.07, 6.45) is -3.49. The quantitative estimate of drug-likeness (QED) is 0.542. The van der Waals surface area contributed by atoms with Gasteiger partial charge in [0.15, 0.2) is 0 Å². The Labute approximate surface area is 79.8 Å². The maximum absolute atomic E-state index is 12.7. The van der Waals surface area contributed by atoms with Crippen LogP contribution in [0.5, 0.6) is 0 Å². The van der Waals surface area contributed by atoms with Gasteiger partial charge in [-0.1, -0.05) is 12.1 Å². The zero-order valence-corrected chi connectivity index (χ0v) is 6.96. The maximum atomic E-state index is 12.7. The molecule has 0 saturated heterocycles. The smallest absolute Gasteiger partial charge is 0.445 e. The van der Waals surface area contributed by atoms with Gasteiger partial charge in [-0.25, -0.2) is 17.6 Å². The van der Waals surface area contributed by atoms with Crippen molar-refractivity contribution in [2.75, 3.05) is 0 Å². The van der Waals surface area contributed by atoms with Crippen LogP contribution in [0.4, 0.5) is 30.5 Å². The highest BCUT2D eigenvalue weighted by atomic mass is 19.4. The lowest BCUT2D eigenvalue weighted by molar-refractivity contribution is 0.141. The minimum atomic E-state index is -5.60. The molecule has 1 aromatic rings. The zero-order chi connectivity index (χ0) is 11.8. The van der Waals surface area contributed by atoms with Gasteiger partial charge in [-0.2, -0.15) is 0 Å². The molecule has 15 heavy (non-hydrogen) atoms. The van der Waals surface area contributed by atoms with Crippen LogP contribution in [0.25, 0.3) is 0 Å². The molecule has 0 unspecified atom stereocenters. The second-order valence-corrected chi connectivity index (χ2v) is 2.77. The Kier molecular flexibility index (Phi) is 2.96. The van der Waals surface area contributed by atoms with E-state index >= 15 is 0 Å². The Balaban J connectivity index is 3.32. The van der Waals surface area contributed by atoms with E-state index < -0.39 is 36.1 Å². The van der Waals surface area contributed by atoms with E-state index in [4.69, 9.17) is 0 Å². The van der Waals surface area contributed by atoms with Gasteiger partial charge in [0.25, 0.3) is 6.43 Å². The molecule has 8 heteroatoms. The lowest BCUT2D eigenvalue weighted by Crippen LogP contribution is -2.35. The molecule has 0 nitrogen and oxygen atoms in total. The van der Waals surface area contributed by atoms with Crippen molar-refractivity contribution in [3.05, 3.63) is 29.3 Å². The lowest BCUT2D eigenvalue weighted by Gasteiger charge is -2.16. The first kappa shape index (κ1) is 11.9. The summed E-state index contributed by atoms with van der Waals surface area (Å²) in [5, 5.41) is 0. The van der Waals surface area contributed by atoms with Crippen LogP contribution in [-0.4, -0.2) is 6.98 Å². The molecule has 0 aliphatic heterocycles. The van der Waals surface area contributed by atoms with Gasteiger partial charge in [0.05, 0.1) is 5.56 Å². The van der Waals surface area contributed by atoms with Gasteiger partial charge in [0, 0.05) is 0 Å². The highest BCUT2D eigenvalue weighted by Gasteiger charge is 2.29. The minimum Gasteiger partial charge on any atom is -0.445 e. The van der Waals surface area contributed by atoms with Crippen LogP contribution in [0, 0.1) is 11.6 Å². The maximum Gasteiger partial charge on any atom is 0.509 e. The van der Waals surface area contributed by atoms with Gasteiger partial charge in [-0.3, -0.25) is 0 Å². The summed E-state index contributed by atoms with van der Waals surface area (Å²) >= 11 is 0. The Morgan fingerprint density at radius 2 is 1.33 bits per heavy atom. The molecule has 0 saturated carbocycles. The highest BCUT2D eigenvalue weighted by Crippen LogP contribution is 2.25. The van der Waals surface area contributed by atoms with Crippen LogP contribution in [0.3, 0.4) is 0 Å². The minimum absolute atomic E-state index is 0.134. The highest BCUT2D eigenvalue weighted by molar-refractivity contribution is 6.73. The molecule has 0 aliphatic carbocycles. The van der Waals surface area contributed by atoms with Crippen molar-refractivity contribution >= 4 is 12.4 Å². The molecule has 1 rings (SSSR count). The summed E-state index contributed by atoms with van der Waals surface area (Å²) in [5.74, 6) is -3.78. The number of alkyl halides is 2.